The molecule has 0 bridgehead atoms. The van der Waals surface area contributed by atoms with Crippen LogP contribution in [0, 0.1) is 11.8 Å². The summed E-state index contributed by atoms with van der Waals surface area (Å²) in [5, 5.41) is 0. The fourth-order valence-corrected chi connectivity index (χ4v) is 2.92. The van der Waals surface area contributed by atoms with Crippen LogP contribution in [0.25, 0.3) is 0 Å². The van der Waals surface area contributed by atoms with Gasteiger partial charge in [0.1, 0.15) is 0 Å². The van der Waals surface area contributed by atoms with Gasteiger partial charge in [-0.1, -0.05) is 20.3 Å². The van der Waals surface area contributed by atoms with E-state index in [4.69, 9.17) is 0 Å². The van der Waals surface area contributed by atoms with E-state index < -0.39 is 0 Å². The van der Waals surface area contributed by atoms with Crippen LogP contribution in [0.3, 0.4) is 0 Å². The van der Waals surface area contributed by atoms with Crippen molar-refractivity contribution >= 4 is 0 Å². The third-order valence-electron chi connectivity index (χ3n) is 3.96. The van der Waals surface area contributed by atoms with Gasteiger partial charge in [-0.2, -0.15) is 0 Å². The molecular formula is C12H26N+. The van der Waals surface area contributed by atoms with E-state index in [1.165, 1.54) is 43.4 Å². The monoisotopic (exact) mass is 184 g/mol. The van der Waals surface area contributed by atoms with Gasteiger partial charge >= 0.3 is 0 Å². The quantitative estimate of drug-likeness (QED) is 0.589. The molecular weight excluding hydrogens is 158 g/mol. The van der Waals surface area contributed by atoms with E-state index in [0.29, 0.717) is 0 Å². The van der Waals surface area contributed by atoms with Crippen LogP contribution < -0.4 is 0 Å². The highest BCUT2D eigenvalue weighted by Gasteiger charge is 2.39. The van der Waals surface area contributed by atoms with E-state index in [1.807, 2.05) is 0 Å². The first-order valence-electron chi connectivity index (χ1n) is 5.98. The van der Waals surface area contributed by atoms with Crippen LogP contribution in [0.1, 0.15) is 40.0 Å². The smallest absolute Gasteiger partial charge is 0.0818 e. The van der Waals surface area contributed by atoms with E-state index in [9.17, 15) is 0 Å². The van der Waals surface area contributed by atoms with Crippen molar-refractivity contribution in [2.45, 2.75) is 40.0 Å². The Morgan fingerprint density at radius 3 is 2.15 bits per heavy atom. The molecule has 78 valence electrons. The minimum Gasteiger partial charge on any atom is -0.326 e. The molecule has 3 unspecified atom stereocenters. The molecule has 0 spiro atoms. The van der Waals surface area contributed by atoms with Crippen molar-refractivity contribution in [3.05, 3.63) is 0 Å². The van der Waals surface area contributed by atoms with Crippen LogP contribution in [0.15, 0.2) is 0 Å². The lowest BCUT2D eigenvalue weighted by atomic mass is 9.90. The van der Waals surface area contributed by atoms with Crippen molar-refractivity contribution in [1.29, 1.82) is 0 Å². The van der Waals surface area contributed by atoms with Crippen molar-refractivity contribution in [3.8, 4) is 0 Å². The zero-order valence-electron chi connectivity index (χ0n) is 9.84. The maximum absolute atomic E-state index is 2.43. The molecule has 0 aliphatic carbocycles. The van der Waals surface area contributed by atoms with Crippen LogP contribution in [0.5, 0.6) is 0 Å². The Morgan fingerprint density at radius 2 is 1.69 bits per heavy atom. The Hall–Kier alpha value is -0.0400. The second-order valence-electron chi connectivity index (χ2n) is 5.02. The molecule has 1 aliphatic heterocycles. The maximum atomic E-state index is 2.43. The van der Waals surface area contributed by atoms with Gasteiger partial charge in [-0.15, -0.1) is 0 Å². The van der Waals surface area contributed by atoms with Crippen molar-refractivity contribution in [2.24, 2.45) is 11.8 Å². The molecule has 1 heterocycles. The van der Waals surface area contributed by atoms with E-state index in [1.54, 1.807) is 0 Å². The van der Waals surface area contributed by atoms with Crippen molar-refractivity contribution in [2.75, 3.05) is 26.7 Å². The molecule has 0 radical (unpaired) electrons. The third-order valence-corrected chi connectivity index (χ3v) is 3.96. The van der Waals surface area contributed by atoms with Gasteiger partial charge in [0, 0.05) is 11.8 Å². The highest BCUT2D eigenvalue weighted by atomic mass is 15.3. The van der Waals surface area contributed by atoms with Crippen LogP contribution >= 0.6 is 0 Å². The lowest BCUT2D eigenvalue weighted by Gasteiger charge is -2.28. The van der Waals surface area contributed by atoms with Gasteiger partial charge in [-0.25, -0.2) is 0 Å². The van der Waals surface area contributed by atoms with Crippen LogP contribution in [-0.2, 0) is 0 Å². The average Bonchev–Trinajstić information content (AvgIpc) is 2.45. The fraction of sp³-hybridized carbons (Fsp3) is 1.00. The summed E-state index contributed by atoms with van der Waals surface area (Å²) < 4.78 is 1.32. The minimum atomic E-state index is 1.00. The van der Waals surface area contributed by atoms with Crippen molar-refractivity contribution in [3.63, 3.8) is 0 Å². The van der Waals surface area contributed by atoms with Gasteiger partial charge in [0.25, 0.3) is 0 Å². The Labute approximate surface area is 83.7 Å². The number of hydrogen-bond acceptors (Lipinski definition) is 0. The summed E-state index contributed by atoms with van der Waals surface area (Å²) in [5.41, 5.74) is 0. The summed E-state index contributed by atoms with van der Waals surface area (Å²) in [5.74, 6) is 2.02. The summed E-state index contributed by atoms with van der Waals surface area (Å²) in [6.45, 7) is 11.2. The molecule has 1 saturated heterocycles. The number of nitrogens with zero attached hydrogens (tertiary/aromatic N) is 1. The molecule has 0 N–H and O–H groups in total. The summed E-state index contributed by atoms with van der Waals surface area (Å²) in [6.07, 6.45) is 4.20. The van der Waals surface area contributed by atoms with Crippen molar-refractivity contribution < 1.29 is 4.48 Å². The Morgan fingerprint density at radius 1 is 1.08 bits per heavy atom. The normalized spacial score (nSPS) is 39.7. The van der Waals surface area contributed by atoms with E-state index >= 15 is 0 Å². The summed E-state index contributed by atoms with van der Waals surface area (Å²) in [7, 11) is 2.43. The number of rotatable bonds is 4. The SMILES string of the molecule is CCCC1C[N+](C)(CC)CC1CC. The van der Waals surface area contributed by atoms with Crippen LogP contribution in [0.2, 0.25) is 0 Å². The molecule has 1 aliphatic rings. The third kappa shape index (κ3) is 2.46. The number of quaternary nitrogens is 1. The number of likely N-dealkylation sites (tertiary alicyclic amines) is 1. The zero-order chi connectivity index (χ0) is 9.90. The predicted octanol–water partition coefficient (Wildman–Crippen LogP) is 2.91. The first kappa shape index (κ1) is 11.0. The van der Waals surface area contributed by atoms with Crippen LogP contribution in [0.4, 0.5) is 0 Å². The van der Waals surface area contributed by atoms with E-state index in [-0.39, 0.29) is 0 Å². The predicted molar refractivity (Wildman–Crippen MR) is 58.6 cm³/mol. The lowest BCUT2D eigenvalue weighted by molar-refractivity contribution is -0.898. The van der Waals surface area contributed by atoms with Gasteiger partial charge < -0.3 is 4.48 Å². The van der Waals surface area contributed by atoms with Gasteiger partial charge in [-0.05, 0) is 19.8 Å². The van der Waals surface area contributed by atoms with Gasteiger partial charge in [-0.3, -0.25) is 0 Å². The molecule has 1 heteroatoms. The Bertz CT molecular complexity index is 155. The first-order valence-corrected chi connectivity index (χ1v) is 5.98. The summed E-state index contributed by atoms with van der Waals surface area (Å²) >= 11 is 0. The fourth-order valence-electron chi connectivity index (χ4n) is 2.92. The van der Waals surface area contributed by atoms with E-state index in [2.05, 4.69) is 27.8 Å². The first-order chi connectivity index (χ1) is 6.15. The van der Waals surface area contributed by atoms with Crippen molar-refractivity contribution in [1.82, 2.24) is 0 Å². The molecule has 0 saturated carbocycles. The van der Waals surface area contributed by atoms with Gasteiger partial charge in [0.2, 0.25) is 0 Å². The maximum Gasteiger partial charge on any atom is 0.0818 e. The van der Waals surface area contributed by atoms with Gasteiger partial charge in [0.05, 0.1) is 26.7 Å². The largest absolute Gasteiger partial charge is 0.326 e. The van der Waals surface area contributed by atoms with Crippen LogP contribution in [-0.4, -0.2) is 31.2 Å². The molecule has 1 fully saturated rings. The molecule has 1 rings (SSSR count). The second kappa shape index (κ2) is 4.45. The lowest BCUT2D eigenvalue weighted by Crippen LogP contribution is -2.41. The molecule has 0 amide bonds. The van der Waals surface area contributed by atoms with Gasteiger partial charge in [0.15, 0.2) is 0 Å². The molecule has 0 aromatic carbocycles. The zero-order valence-corrected chi connectivity index (χ0v) is 9.84. The molecule has 13 heavy (non-hydrogen) atoms. The topological polar surface area (TPSA) is 0 Å². The molecule has 0 aromatic heterocycles. The highest BCUT2D eigenvalue weighted by molar-refractivity contribution is 4.74. The summed E-state index contributed by atoms with van der Waals surface area (Å²) in [6, 6.07) is 0. The number of hydrogen-bond donors (Lipinski definition) is 0. The molecule has 0 aromatic rings. The Balaban J connectivity index is 2.55. The summed E-state index contributed by atoms with van der Waals surface area (Å²) in [4.78, 5) is 0. The average molecular weight is 184 g/mol. The minimum absolute atomic E-state index is 1.00. The second-order valence-corrected chi connectivity index (χ2v) is 5.02. The standard InChI is InChI=1S/C12H26N/c1-5-8-12-10-13(4,7-3)9-11(12)6-2/h11-12H,5-10H2,1-4H3/q+1. The highest BCUT2D eigenvalue weighted by Crippen LogP contribution is 2.33. The molecule has 1 nitrogen and oxygen atoms in total. The molecule has 3 atom stereocenters. The Kier molecular flexibility index (Phi) is 3.78. The van der Waals surface area contributed by atoms with E-state index in [0.717, 1.165) is 11.8 Å².